The van der Waals surface area contributed by atoms with Crippen LogP contribution in [0.4, 0.5) is 0 Å². The van der Waals surface area contributed by atoms with E-state index in [2.05, 4.69) is 4.98 Å². The second kappa shape index (κ2) is 5.52. The van der Waals surface area contributed by atoms with Gasteiger partial charge in [0.05, 0.1) is 5.56 Å². The molecule has 0 unspecified atom stereocenters. The molecule has 1 aromatic heterocycles. The van der Waals surface area contributed by atoms with E-state index in [1.165, 1.54) is 0 Å². The van der Waals surface area contributed by atoms with Crippen LogP contribution in [0.15, 0.2) is 42.7 Å². The van der Waals surface area contributed by atoms with E-state index in [1.54, 1.807) is 49.5 Å². The molecule has 19 heavy (non-hydrogen) atoms. The summed E-state index contributed by atoms with van der Waals surface area (Å²) in [6.45, 7) is 2.25. The molecule has 1 amide bonds. The summed E-state index contributed by atoms with van der Waals surface area (Å²) < 4.78 is 0. The van der Waals surface area contributed by atoms with Gasteiger partial charge in [0.15, 0.2) is 0 Å². The van der Waals surface area contributed by atoms with E-state index >= 15 is 0 Å². The number of carbonyl (C=O) groups excluding carboxylic acids is 1. The Morgan fingerprint density at radius 1 is 1.26 bits per heavy atom. The molecule has 0 aliphatic heterocycles. The lowest BCUT2D eigenvalue weighted by Crippen LogP contribution is -2.26. The molecule has 2 rings (SSSR count). The highest BCUT2D eigenvalue weighted by Gasteiger charge is 2.16. The van der Waals surface area contributed by atoms with Gasteiger partial charge >= 0.3 is 0 Å². The Labute approximate surface area is 112 Å². The zero-order valence-corrected chi connectivity index (χ0v) is 11.0. The second-order valence-corrected chi connectivity index (χ2v) is 4.49. The third-order valence-electron chi connectivity index (χ3n) is 2.98. The van der Waals surface area contributed by atoms with Gasteiger partial charge in [-0.1, -0.05) is 12.1 Å². The maximum absolute atomic E-state index is 12.3. The summed E-state index contributed by atoms with van der Waals surface area (Å²) >= 11 is 0. The first kappa shape index (κ1) is 13.1. The van der Waals surface area contributed by atoms with Crippen LogP contribution in [0.5, 0.6) is 5.75 Å². The smallest absolute Gasteiger partial charge is 0.257 e. The van der Waals surface area contributed by atoms with Crippen molar-refractivity contribution in [3.05, 3.63) is 59.4 Å². The predicted molar refractivity (Wildman–Crippen MR) is 72.9 cm³/mol. The Hall–Kier alpha value is -2.36. The molecular formula is C15H16N2O2. The lowest BCUT2D eigenvalue weighted by atomic mass is 10.1. The van der Waals surface area contributed by atoms with Gasteiger partial charge in [0.1, 0.15) is 5.75 Å². The summed E-state index contributed by atoms with van der Waals surface area (Å²) in [4.78, 5) is 17.8. The molecule has 0 fully saturated rings. The standard InChI is InChI=1S/C15H16N2O2/c1-11-4-3-5-13(14(11)18)15(19)17(2)10-12-6-8-16-9-7-12/h3-9,18H,10H2,1-2H3. The largest absolute Gasteiger partial charge is 0.507 e. The molecule has 0 aliphatic carbocycles. The van der Waals surface area contributed by atoms with Crippen molar-refractivity contribution >= 4 is 5.91 Å². The average molecular weight is 256 g/mol. The Balaban J connectivity index is 2.18. The van der Waals surface area contributed by atoms with Gasteiger partial charge in [-0.15, -0.1) is 0 Å². The average Bonchev–Trinajstić information content (AvgIpc) is 2.42. The number of nitrogens with zero attached hydrogens (tertiary/aromatic N) is 2. The fourth-order valence-electron chi connectivity index (χ4n) is 1.87. The van der Waals surface area contributed by atoms with Gasteiger partial charge in [0.25, 0.3) is 5.91 Å². The topological polar surface area (TPSA) is 53.4 Å². The first-order valence-corrected chi connectivity index (χ1v) is 6.02. The van der Waals surface area contributed by atoms with Gasteiger partial charge < -0.3 is 10.0 Å². The van der Waals surface area contributed by atoms with Crippen LogP contribution in [0.3, 0.4) is 0 Å². The molecule has 0 spiro atoms. The van der Waals surface area contributed by atoms with Crippen molar-refractivity contribution in [2.75, 3.05) is 7.05 Å². The van der Waals surface area contributed by atoms with Crippen LogP contribution >= 0.6 is 0 Å². The summed E-state index contributed by atoms with van der Waals surface area (Å²) in [6.07, 6.45) is 3.38. The molecule has 98 valence electrons. The number of aryl methyl sites for hydroxylation is 1. The van der Waals surface area contributed by atoms with Crippen molar-refractivity contribution in [3.8, 4) is 5.75 Å². The Kier molecular flexibility index (Phi) is 3.80. The van der Waals surface area contributed by atoms with Crippen LogP contribution in [0.1, 0.15) is 21.5 Å². The number of aromatic nitrogens is 1. The number of phenolic OH excluding ortho intramolecular Hbond substituents is 1. The number of amides is 1. The molecule has 1 aromatic carbocycles. The maximum atomic E-state index is 12.3. The molecule has 0 atom stereocenters. The molecule has 4 nitrogen and oxygen atoms in total. The van der Waals surface area contributed by atoms with E-state index in [0.717, 1.165) is 5.56 Å². The van der Waals surface area contributed by atoms with Gasteiger partial charge in [-0.3, -0.25) is 9.78 Å². The van der Waals surface area contributed by atoms with Gasteiger partial charge in [-0.05, 0) is 36.2 Å². The van der Waals surface area contributed by atoms with E-state index < -0.39 is 0 Å². The van der Waals surface area contributed by atoms with Crippen molar-refractivity contribution in [3.63, 3.8) is 0 Å². The summed E-state index contributed by atoms with van der Waals surface area (Å²) in [7, 11) is 1.71. The maximum Gasteiger partial charge on any atom is 0.257 e. The van der Waals surface area contributed by atoms with Crippen LogP contribution in [0.25, 0.3) is 0 Å². The first-order chi connectivity index (χ1) is 9.09. The minimum absolute atomic E-state index is 0.0501. The number of aromatic hydroxyl groups is 1. The molecule has 1 N–H and O–H groups in total. The number of phenols is 1. The Bertz CT molecular complexity index is 582. The zero-order valence-electron chi connectivity index (χ0n) is 11.0. The van der Waals surface area contributed by atoms with E-state index in [0.29, 0.717) is 17.7 Å². The number of para-hydroxylation sites is 1. The lowest BCUT2D eigenvalue weighted by Gasteiger charge is -2.18. The van der Waals surface area contributed by atoms with Gasteiger partial charge in [-0.25, -0.2) is 0 Å². The van der Waals surface area contributed by atoms with Crippen LogP contribution in [-0.2, 0) is 6.54 Å². The third kappa shape index (κ3) is 2.91. The van der Waals surface area contributed by atoms with Crippen molar-refractivity contribution in [1.82, 2.24) is 9.88 Å². The third-order valence-corrected chi connectivity index (χ3v) is 2.98. The van der Waals surface area contributed by atoms with Crippen molar-refractivity contribution in [2.24, 2.45) is 0 Å². The highest BCUT2D eigenvalue weighted by atomic mass is 16.3. The molecule has 1 heterocycles. The van der Waals surface area contributed by atoms with Crippen molar-refractivity contribution < 1.29 is 9.90 Å². The van der Waals surface area contributed by atoms with Crippen LogP contribution < -0.4 is 0 Å². The number of hydrogen-bond donors (Lipinski definition) is 1. The van der Waals surface area contributed by atoms with E-state index in [9.17, 15) is 9.90 Å². The SMILES string of the molecule is Cc1cccc(C(=O)N(C)Cc2ccncc2)c1O. The summed E-state index contributed by atoms with van der Waals surface area (Å²) in [6, 6.07) is 8.89. The van der Waals surface area contributed by atoms with E-state index in [4.69, 9.17) is 0 Å². The Morgan fingerprint density at radius 2 is 1.95 bits per heavy atom. The number of pyridine rings is 1. The Morgan fingerprint density at radius 3 is 2.63 bits per heavy atom. The highest BCUT2D eigenvalue weighted by molar-refractivity contribution is 5.97. The molecule has 4 heteroatoms. The van der Waals surface area contributed by atoms with Crippen LogP contribution in [-0.4, -0.2) is 27.9 Å². The monoisotopic (exact) mass is 256 g/mol. The van der Waals surface area contributed by atoms with Gasteiger partial charge in [0.2, 0.25) is 0 Å². The minimum Gasteiger partial charge on any atom is -0.507 e. The van der Waals surface area contributed by atoms with Gasteiger partial charge in [-0.2, -0.15) is 0 Å². The molecule has 0 saturated carbocycles. The quantitative estimate of drug-likeness (QED) is 0.917. The minimum atomic E-state index is -0.196. The summed E-state index contributed by atoms with van der Waals surface area (Å²) in [5.41, 5.74) is 2.03. The first-order valence-electron chi connectivity index (χ1n) is 6.02. The summed E-state index contributed by atoms with van der Waals surface area (Å²) in [5, 5.41) is 9.93. The van der Waals surface area contributed by atoms with Crippen molar-refractivity contribution in [1.29, 1.82) is 0 Å². The fourth-order valence-corrected chi connectivity index (χ4v) is 1.87. The lowest BCUT2D eigenvalue weighted by molar-refractivity contribution is 0.0782. The highest BCUT2D eigenvalue weighted by Crippen LogP contribution is 2.22. The molecule has 0 aliphatic rings. The molecular weight excluding hydrogens is 240 g/mol. The second-order valence-electron chi connectivity index (χ2n) is 4.49. The van der Waals surface area contributed by atoms with E-state index in [1.807, 2.05) is 12.1 Å². The van der Waals surface area contributed by atoms with Gasteiger partial charge in [0, 0.05) is 26.0 Å². The molecule has 2 aromatic rings. The zero-order chi connectivity index (χ0) is 13.8. The van der Waals surface area contributed by atoms with Crippen LogP contribution in [0, 0.1) is 6.92 Å². The number of carbonyl (C=O) groups is 1. The summed E-state index contributed by atoms with van der Waals surface area (Å²) in [5.74, 6) is -0.146. The molecule has 0 radical (unpaired) electrons. The normalized spacial score (nSPS) is 10.2. The molecule has 0 saturated heterocycles. The number of hydrogen-bond acceptors (Lipinski definition) is 3. The van der Waals surface area contributed by atoms with Crippen molar-refractivity contribution in [2.45, 2.75) is 13.5 Å². The number of rotatable bonds is 3. The number of benzene rings is 1. The van der Waals surface area contributed by atoms with E-state index in [-0.39, 0.29) is 11.7 Å². The van der Waals surface area contributed by atoms with Crippen LogP contribution in [0.2, 0.25) is 0 Å². The molecule has 0 bridgehead atoms. The predicted octanol–water partition coefficient (Wildman–Crippen LogP) is 2.37. The fraction of sp³-hybridized carbons (Fsp3) is 0.200.